The third-order valence-corrected chi connectivity index (χ3v) is 4.93. The molecule has 2 aromatic carbocycles. The number of hydrogen-bond donors (Lipinski definition) is 1. The van der Waals surface area contributed by atoms with Crippen molar-refractivity contribution < 1.29 is 31.1 Å². The zero-order valence-electron chi connectivity index (χ0n) is 16.0. The lowest BCUT2D eigenvalue weighted by Gasteiger charge is -2.29. The summed E-state index contributed by atoms with van der Waals surface area (Å²) in [7, 11) is 0. The van der Waals surface area contributed by atoms with Crippen molar-refractivity contribution >= 4 is 28.0 Å². The molecule has 0 radical (unpaired) electrons. The largest absolute Gasteiger partial charge is 0.433 e. The van der Waals surface area contributed by atoms with Crippen molar-refractivity contribution in [2.45, 2.75) is 12.4 Å². The highest BCUT2D eigenvalue weighted by atomic mass is 19.4. The molecule has 0 saturated carbocycles. The van der Waals surface area contributed by atoms with Crippen molar-refractivity contribution in [2.75, 3.05) is 36.5 Å². The quantitative estimate of drug-likeness (QED) is 0.518. The molecule has 1 aromatic heterocycles. The first-order valence-corrected chi connectivity index (χ1v) is 9.40. The Morgan fingerprint density at radius 3 is 2.29 bits per heavy atom. The normalized spacial score (nSPS) is 15.4. The summed E-state index contributed by atoms with van der Waals surface area (Å²) in [5.41, 5.74) is -1.34. The van der Waals surface area contributed by atoms with Crippen molar-refractivity contribution in [2.24, 2.45) is 0 Å². The lowest BCUT2D eigenvalue weighted by molar-refractivity contribution is -0.140. The minimum Gasteiger partial charge on any atom is -0.378 e. The van der Waals surface area contributed by atoms with Gasteiger partial charge in [0.2, 0.25) is 0 Å². The van der Waals surface area contributed by atoms with E-state index in [2.05, 4.69) is 15.2 Å². The number of ether oxygens (including phenoxy) is 1. The van der Waals surface area contributed by atoms with E-state index in [-0.39, 0.29) is 11.1 Å². The maximum Gasteiger partial charge on any atom is 0.433 e. The smallest absolute Gasteiger partial charge is 0.378 e. The highest BCUT2D eigenvalue weighted by molar-refractivity contribution is 5.94. The first kappa shape index (κ1) is 21.2. The second kappa shape index (κ2) is 7.92. The van der Waals surface area contributed by atoms with E-state index < -0.39 is 29.1 Å². The number of anilines is 3. The van der Waals surface area contributed by atoms with Crippen LogP contribution in [-0.2, 0) is 17.1 Å². The number of morpholine rings is 1. The molecular formula is C21H17F6N3O. The summed E-state index contributed by atoms with van der Waals surface area (Å²) >= 11 is 0. The average Bonchev–Trinajstić information content (AvgIpc) is 2.73. The molecule has 1 aliphatic heterocycles. The highest BCUT2D eigenvalue weighted by Crippen LogP contribution is 2.37. The zero-order chi connectivity index (χ0) is 22.2. The van der Waals surface area contributed by atoms with E-state index >= 15 is 0 Å². The van der Waals surface area contributed by atoms with Crippen LogP contribution in [0.25, 0.3) is 10.9 Å². The van der Waals surface area contributed by atoms with Gasteiger partial charge in [-0.3, -0.25) is 0 Å². The van der Waals surface area contributed by atoms with Crippen LogP contribution in [0.5, 0.6) is 0 Å². The Kier molecular flexibility index (Phi) is 5.42. The van der Waals surface area contributed by atoms with Crippen LogP contribution in [0.15, 0.2) is 48.5 Å². The molecule has 164 valence electrons. The molecule has 0 amide bonds. The van der Waals surface area contributed by atoms with Crippen LogP contribution in [-0.4, -0.2) is 31.3 Å². The van der Waals surface area contributed by atoms with Crippen molar-refractivity contribution in [3.05, 3.63) is 59.8 Å². The molecule has 0 unspecified atom stereocenters. The number of alkyl halides is 6. The van der Waals surface area contributed by atoms with Gasteiger partial charge in [0.1, 0.15) is 5.69 Å². The van der Waals surface area contributed by atoms with Gasteiger partial charge in [-0.15, -0.1) is 0 Å². The van der Waals surface area contributed by atoms with Crippen molar-refractivity contribution in [1.82, 2.24) is 4.98 Å². The minimum absolute atomic E-state index is 0.0187. The van der Waals surface area contributed by atoms with Gasteiger partial charge >= 0.3 is 12.4 Å². The van der Waals surface area contributed by atoms with Crippen LogP contribution in [0.4, 0.5) is 43.4 Å². The maximum absolute atomic E-state index is 13.3. The lowest BCUT2D eigenvalue weighted by Crippen LogP contribution is -2.36. The summed E-state index contributed by atoms with van der Waals surface area (Å²) in [6.07, 6.45) is -9.50. The molecule has 1 N–H and O–H groups in total. The number of benzene rings is 2. The number of nitrogens with zero attached hydrogens (tertiary/aromatic N) is 2. The van der Waals surface area contributed by atoms with Crippen molar-refractivity contribution in [3.63, 3.8) is 0 Å². The Morgan fingerprint density at radius 1 is 0.871 bits per heavy atom. The molecule has 0 aliphatic carbocycles. The fourth-order valence-corrected chi connectivity index (χ4v) is 3.41. The number of nitrogens with one attached hydrogen (secondary N) is 1. The summed E-state index contributed by atoms with van der Waals surface area (Å²) < 4.78 is 84.5. The summed E-state index contributed by atoms with van der Waals surface area (Å²) in [5.74, 6) is 0. The van der Waals surface area contributed by atoms with Gasteiger partial charge in [-0.2, -0.15) is 26.3 Å². The van der Waals surface area contributed by atoms with Gasteiger partial charge < -0.3 is 15.0 Å². The molecule has 4 rings (SSSR count). The fraction of sp³-hybridized carbons (Fsp3) is 0.286. The van der Waals surface area contributed by atoms with E-state index in [1.54, 1.807) is 18.2 Å². The molecule has 1 aliphatic rings. The van der Waals surface area contributed by atoms with Crippen molar-refractivity contribution in [3.8, 4) is 0 Å². The van der Waals surface area contributed by atoms with Gasteiger partial charge in [0.05, 0.1) is 30.0 Å². The Hall–Kier alpha value is -3.01. The average molecular weight is 441 g/mol. The van der Waals surface area contributed by atoms with E-state index in [4.69, 9.17) is 4.74 Å². The number of aromatic nitrogens is 1. The summed E-state index contributed by atoms with van der Waals surface area (Å²) in [6, 6.07) is 10.5. The third kappa shape index (κ3) is 4.68. The van der Waals surface area contributed by atoms with Gasteiger partial charge in [0.25, 0.3) is 0 Å². The molecule has 0 atom stereocenters. The predicted molar refractivity (Wildman–Crippen MR) is 105 cm³/mol. The van der Waals surface area contributed by atoms with Crippen molar-refractivity contribution in [1.29, 1.82) is 0 Å². The number of hydrogen-bond acceptors (Lipinski definition) is 4. The first-order valence-electron chi connectivity index (χ1n) is 9.40. The molecule has 0 spiro atoms. The SMILES string of the molecule is FC(F)(F)c1ccc2c(Nc3cccc(N4CCOCC4)c3)cc(C(F)(F)F)nc2c1. The zero-order valence-corrected chi connectivity index (χ0v) is 16.0. The molecule has 4 nitrogen and oxygen atoms in total. The molecular weight excluding hydrogens is 424 g/mol. The molecule has 2 heterocycles. The Morgan fingerprint density at radius 2 is 1.61 bits per heavy atom. The van der Waals surface area contributed by atoms with Crippen LogP contribution < -0.4 is 10.2 Å². The third-order valence-electron chi connectivity index (χ3n) is 4.93. The Bertz CT molecular complexity index is 1090. The Labute approximate surface area is 173 Å². The summed E-state index contributed by atoms with van der Waals surface area (Å²) in [6.45, 7) is 2.51. The van der Waals surface area contributed by atoms with Crippen LogP contribution in [0.1, 0.15) is 11.3 Å². The molecule has 10 heteroatoms. The van der Waals surface area contributed by atoms with E-state index in [1.807, 2.05) is 6.07 Å². The minimum atomic E-state index is -4.81. The first-order chi connectivity index (χ1) is 14.6. The van der Waals surface area contributed by atoms with Crippen LogP contribution in [0.3, 0.4) is 0 Å². The van der Waals surface area contributed by atoms with Gasteiger partial charge in [-0.05, 0) is 36.4 Å². The second-order valence-corrected chi connectivity index (χ2v) is 7.06. The number of pyridine rings is 1. The van der Waals surface area contributed by atoms with Crippen LogP contribution >= 0.6 is 0 Å². The van der Waals surface area contributed by atoms with Crippen LogP contribution in [0.2, 0.25) is 0 Å². The summed E-state index contributed by atoms with van der Waals surface area (Å²) in [4.78, 5) is 5.51. The Balaban J connectivity index is 1.76. The summed E-state index contributed by atoms with van der Waals surface area (Å²) in [5, 5.41) is 3.07. The highest BCUT2D eigenvalue weighted by Gasteiger charge is 2.35. The molecule has 0 bridgehead atoms. The van der Waals surface area contributed by atoms with Gasteiger partial charge in [-0.25, -0.2) is 4.98 Å². The number of halogens is 6. The standard InChI is InChI=1S/C21H17F6N3O/c22-20(23,24)13-4-5-16-17(10-13)29-19(21(25,26)27)12-18(16)28-14-2-1-3-15(11-14)30-6-8-31-9-7-30/h1-5,10-12H,6-9H2,(H,28,29). The van der Waals surface area contributed by atoms with Crippen LogP contribution in [0, 0.1) is 0 Å². The number of rotatable bonds is 3. The molecule has 1 fully saturated rings. The molecule has 3 aromatic rings. The monoisotopic (exact) mass is 441 g/mol. The predicted octanol–water partition coefficient (Wildman–Crippen LogP) is 5.85. The molecule has 31 heavy (non-hydrogen) atoms. The lowest BCUT2D eigenvalue weighted by atomic mass is 10.1. The topological polar surface area (TPSA) is 37.4 Å². The maximum atomic E-state index is 13.3. The van der Waals surface area contributed by atoms with E-state index in [9.17, 15) is 26.3 Å². The molecule has 1 saturated heterocycles. The van der Waals surface area contributed by atoms with Gasteiger partial charge in [0, 0.05) is 29.9 Å². The van der Waals surface area contributed by atoms with Gasteiger partial charge in [-0.1, -0.05) is 12.1 Å². The van der Waals surface area contributed by atoms with E-state index in [0.29, 0.717) is 38.1 Å². The number of fused-ring (bicyclic) bond motifs is 1. The second-order valence-electron chi connectivity index (χ2n) is 7.06. The fourth-order valence-electron chi connectivity index (χ4n) is 3.41. The van der Waals surface area contributed by atoms with E-state index in [0.717, 1.165) is 23.9 Å². The van der Waals surface area contributed by atoms with Gasteiger partial charge in [0.15, 0.2) is 0 Å². The van der Waals surface area contributed by atoms with E-state index in [1.165, 1.54) is 0 Å².